The molecule has 0 aromatic heterocycles. The number of aliphatic hydroxyl groups is 1. The van der Waals surface area contributed by atoms with E-state index >= 15 is 0 Å². The fraction of sp³-hybridized carbons (Fsp3) is 0.941. The molecule has 21 heavy (non-hydrogen) atoms. The van der Waals surface area contributed by atoms with Gasteiger partial charge in [-0.1, -0.05) is 25.7 Å². The smallest absolute Gasteiger partial charge is 0.220 e. The van der Waals surface area contributed by atoms with Crippen molar-refractivity contribution in [3.63, 3.8) is 0 Å². The molecule has 1 heterocycles. The van der Waals surface area contributed by atoms with Gasteiger partial charge >= 0.3 is 0 Å². The predicted molar refractivity (Wildman–Crippen MR) is 85.1 cm³/mol. The van der Waals surface area contributed by atoms with E-state index < -0.39 is 0 Å². The predicted octanol–water partition coefficient (Wildman–Crippen LogP) is 2.31. The molecule has 4 nitrogen and oxygen atoms in total. The first-order valence-corrected chi connectivity index (χ1v) is 8.91. The van der Waals surface area contributed by atoms with E-state index in [1.807, 2.05) is 0 Å². The molecule has 0 spiro atoms. The molecule has 1 aliphatic heterocycles. The highest BCUT2D eigenvalue weighted by Crippen LogP contribution is 2.26. The Morgan fingerprint density at radius 2 is 1.86 bits per heavy atom. The van der Waals surface area contributed by atoms with Gasteiger partial charge in [0.15, 0.2) is 0 Å². The molecule has 1 saturated heterocycles. The number of aliphatic hydroxyl groups excluding tert-OH is 1. The maximum Gasteiger partial charge on any atom is 0.220 e. The average molecular weight is 296 g/mol. The molecule has 2 fully saturated rings. The number of nitrogens with zero attached hydrogens (tertiary/aromatic N) is 1. The van der Waals surface area contributed by atoms with Crippen LogP contribution in [0.4, 0.5) is 0 Å². The van der Waals surface area contributed by atoms with E-state index in [2.05, 4.69) is 10.2 Å². The second kappa shape index (κ2) is 9.42. The van der Waals surface area contributed by atoms with Gasteiger partial charge in [-0.25, -0.2) is 0 Å². The summed E-state index contributed by atoms with van der Waals surface area (Å²) >= 11 is 0. The first kappa shape index (κ1) is 16.8. The maximum absolute atomic E-state index is 11.9. The molecule has 1 aliphatic carbocycles. The molecule has 0 radical (unpaired) electrons. The van der Waals surface area contributed by atoms with Crippen molar-refractivity contribution in [1.29, 1.82) is 0 Å². The van der Waals surface area contributed by atoms with E-state index in [4.69, 9.17) is 0 Å². The zero-order valence-electron chi connectivity index (χ0n) is 13.4. The van der Waals surface area contributed by atoms with Crippen LogP contribution in [0, 0.1) is 5.92 Å². The molecule has 2 N–H and O–H groups in total. The molecule has 0 aromatic carbocycles. The standard InChI is InChI=1S/C17H32N2O2/c20-14-16-9-4-5-11-19(16)12-6-10-18-17(21)13-15-7-2-1-3-8-15/h15-16,20H,1-14H2,(H,18,21)/t16-/m1/s1. The minimum atomic E-state index is 0.235. The molecule has 1 amide bonds. The van der Waals surface area contributed by atoms with E-state index in [1.54, 1.807) is 0 Å². The van der Waals surface area contributed by atoms with Gasteiger partial charge < -0.3 is 10.4 Å². The molecular formula is C17H32N2O2. The third-order valence-electron chi connectivity index (χ3n) is 5.10. The van der Waals surface area contributed by atoms with Crippen LogP contribution >= 0.6 is 0 Å². The van der Waals surface area contributed by atoms with Crippen LogP contribution in [0.1, 0.15) is 64.2 Å². The van der Waals surface area contributed by atoms with Crippen molar-refractivity contribution in [1.82, 2.24) is 10.2 Å². The number of nitrogens with one attached hydrogen (secondary N) is 1. The normalized spacial score (nSPS) is 24.9. The van der Waals surface area contributed by atoms with Crippen LogP contribution in [-0.2, 0) is 4.79 Å². The third-order valence-corrected chi connectivity index (χ3v) is 5.10. The van der Waals surface area contributed by atoms with Crippen molar-refractivity contribution < 1.29 is 9.90 Å². The van der Waals surface area contributed by atoms with Crippen molar-refractivity contribution in [3.8, 4) is 0 Å². The van der Waals surface area contributed by atoms with Gasteiger partial charge in [0.1, 0.15) is 0 Å². The van der Waals surface area contributed by atoms with Crippen LogP contribution in [0.2, 0.25) is 0 Å². The quantitative estimate of drug-likeness (QED) is 0.709. The fourth-order valence-corrected chi connectivity index (χ4v) is 3.80. The first-order valence-electron chi connectivity index (χ1n) is 8.91. The molecule has 1 saturated carbocycles. The minimum absolute atomic E-state index is 0.235. The summed E-state index contributed by atoms with van der Waals surface area (Å²) in [4.78, 5) is 14.3. The summed E-state index contributed by atoms with van der Waals surface area (Å²) in [5.41, 5.74) is 0. The molecule has 0 aromatic rings. The lowest BCUT2D eigenvalue weighted by Crippen LogP contribution is -2.43. The van der Waals surface area contributed by atoms with Crippen LogP contribution in [0.3, 0.4) is 0 Å². The third kappa shape index (κ3) is 5.95. The van der Waals surface area contributed by atoms with Gasteiger partial charge in [0.2, 0.25) is 5.91 Å². The molecular weight excluding hydrogens is 264 g/mol. The van der Waals surface area contributed by atoms with Gasteiger partial charge in [0.25, 0.3) is 0 Å². The lowest BCUT2D eigenvalue weighted by molar-refractivity contribution is -0.122. The molecule has 1 atom stereocenters. The fourth-order valence-electron chi connectivity index (χ4n) is 3.80. The van der Waals surface area contributed by atoms with Crippen molar-refractivity contribution in [2.45, 2.75) is 70.3 Å². The average Bonchev–Trinajstić information content (AvgIpc) is 2.53. The summed E-state index contributed by atoms with van der Waals surface area (Å²) in [7, 11) is 0. The Balaban J connectivity index is 1.55. The Kier molecular flexibility index (Phi) is 7.51. The van der Waals surface area contributed by atoms with Crippen LogP contribution in [-0.4, -0.2) is 48.2 Å². The minimum Gasteiger partial charge on any atom is -0.395 e. The number of rotatable bonds is 7. The molecule has 4 heteroatoms. The highest BCUT2D eigenvalue weighted by molar-refractivity contribution is 5.76. The Bertz CT molecular complexity index is 303. The summed E-state index contributed by atoms with van der Waals surface area (Å²) in [6.07, 6.45) is 11.7. The lowest BCUT2D eigenvalue weighted by atomic mass is 9.87. The van der Waals surface area contributed by atoms with E-state index in [1.165, 1.54) is 44.9 Å². The number of hydrogen-bond acceptors (Lipinski definition) is 3. The highest BCUT2D eigenvalue weighted by atomic mass is 16.3. The first-order chi connectivity index (χ1) is 10.3. The SMILES string of the molecule is O=C(CC1CCCCC1)NCCCN1CCCC[C@@H]1CO. The van der Waals surface area contributed by atoms with Gasteiger partial charge in [-0.05, 0) is 44.6 Å². The van der Waals surface area contributed by atoms with Gasteiger partial charge in [-0.2, -0.15) is 0 Å². The number of hydrogen-bond donors (Lipinski definition) is 2. The number of carbonyl (C=O) groups excluding carboxylic acids is 1. The molecule has 0 unspecified atom stereocenters. The van der Waals surface area contributed by atoms with Gasteiger partial charge in [0.05, 0.1) is 6.61 Å². The van der Waals surface area contributed by atoms with Gasteiger partial charge in [0, 0.05) is 25.6 Å². The number of likely N-dealkylation sites (tertiary alicyclic amines) is 1. The summed E-state index contributed by atoms with van der Waals surface area (Å²) in [5.74, 6) is 0.860. The van der Waals surface area contributed by atoms with Crippen molar-refractivity contribution in [2.24, 2.45) is 5.92 Å². The van der Waals surface area contributed by atoms with Gasteiger partial charge in [-0.3, -0.25) is 9.69 Å². The topological polar surface area (TPSA) is 52.6 Å². The van der Waals surface area contributed by atoms with E-state index in [-0.39, 0.29) is 12.5 Å². The summed E-state index contributed by atoms with van der Waals surface area (Å²) < 4.78 is 0. The largest absolute Gasteiger partial charge is 0.395 e. The molecule has 2 rings (SSSR count). The lowest BCUT2D eigenvalue weighted by Gasteiger charge is -2.34. The zero-order chi connectivity index (χ0) is 14.9. The zero-order valence-corrected chi connectivity index (χ0v) is 13.4. The highest BCUT2D eigenvalue weighted by Gasteiger charge is 2.21. The molecule has 122 valence electrons. The van der Waals surface area contributed by atoms with Crippen LogP contribution in [0.5, 0.6) is 0 Å². The Morgan fingerprint density at radius 1 is 1.10 bits per heavy atom. The second-order valence-corrected chi connectivity index (χ2v) is 6.78. The van der Waals surface area contributed by atoms with Crippen LogP contribution in [0.25, 0.3) is 0 Å². The van der Waals surface area contributed by atoms with Crippen molar-refractivity contribution in [2.75, 3.05) is 26.2 Å². The number of carbonyl (C=O) groups is 1. The van der Waals surface area contributed by atoms with Crippen LogP contribution < -0.4 is 5.32 Å². The monoisotopic (exact) mass is 296 g/mol. The maximum atomic E-state index is 11.9. The Labute approximate surface area is 129 Å². The van der Waals surface area contributed by atoms with Crippen molar-refractivity contribution >= 4 is 5.91 Å². The number of piperidine rings is 1. The molecule has 2 aliphatic rings. The Hall–Kier alpha value is -0.610. The Morgan fingerprint density at radius 3 is 2.62 bits per heavy atom. The summed E-state index contributed by atoms with van der Waals surface area (Å²) in [6.45, 7) is 3.14. The van der Waals surface area contributed by atoms with Gasteiger partial charge in [-0.15, -0.1) is 0 Å². The van der Waals surface area contributed by atoms with E-state index in [0.717, 1.165) is 38.9 Å². The summed E-state index contributed by atoms with van der Waals surface area (Å²) in [5, 5.41) is 12.5. The van der Waals surface area contributed by atoms with E-state index in [9.17, 15) is 9.90 Å². The number of amides is 1. The van der Waals surface area contributed by atoms with Crippen LogP contribution in [0.15, 0.2) is 0 Å². The van der Waals surface area contributed by atoms with E-state index in [0.29, 0.717) is 12.0 Å². The summed E-state index contributed by atoms with van der Waals surface area (Å²) in [6, 6.07) is 0.344. The molecule has 0 bridgehead atoms. The second-order valence-electron chi connectivity index (χ2n) is 6.78. The van der Waals surface area contributed by atoms with Crippen molar-refractivity contribution in [3.05, 3.63) is 0 Å².